The minimum Gasteiger partial charge on any atom is -0.325 e. The van der Waals surface area contributed by atoms with Crippen LogP contribution in [0.1, 0.15) is 92.4 Å². The summed E-state index contributed by atoms with van der Waals surface area (Å²) in [7, 11) is 0. The lowest BCUT2D eigenvalue weighted by atomic mass is 9.89. The van der Waals surface area contributed by atoms with Gasteiger partial charge in [0.1, 0.15) is 23.5 Å². The van der Waals surface area contributed by atoms with Gasteiger partial charge in [-0.15, -0.1) is 0 Å². The highest BCUT2D eigenvalue weighted by atomic mass is 79.9. The lowest BCUT2D eigenvalue weighted by molar-refractivity contribution is 0.420. The van der Waals surface area contributed by atoms with Crippen molar-refractivity contribution in [1.29, 1.82) is 10.5 Å². The van der Waals surface area contributed by atoms with E-state index in [0.717, 1.165) is 27.6 Å². The van der Waals surface area contributed by atoms with Crippen molar-refractivity contribution in [2.45, 2.75) is 70.8 Å². The van der Waals surface area contributed by atoms with Crippen molar-refractivity contribution >= 4 is 28.1 Å². The first-order chi connectivity index (χ1) is 20.1. The van der Waals surface area contributed by atoms with Crippen LogP contribution in [-0.2, 0) is 6.54 Å². The van der Waals surface area contributed by atoms with Crippen LogP contribution in [0.4, 0.5) is 0 Å². The summed E-state index contributed by atoms with van der Waals surface area (Å²) in [5, 5.41) is 16.9. The molecular weight excluding hydrogens is 572 g/mol. The van der Waals surface area contributed by atoms with E-state index in [4.69, 9.17) is 16.3 Å². The minimum atomic E-state index is 0.443. The topological polar surface area (TPSA) is 112 Å². The van der Waals surface area contributed by atoms with E-state index in [1.165, 1.54) is 69.8 Å². The summed E-state index contributed by atoms with van der Waals surface area (Å²) in [6.07, 6.45) is 27.9. The van der Waals surface area contributed by atoms with Crippen LogP contribution in [0.5, 0.6) is 0 Å². The summed E-state index contributed by atoms with van der Waals surface area (Å²) in [5.41, 5.74) is 9.66. The van der Waals surface area contributed by atoms with Crippen LogP contribution >= 0.6 is 15.9 Å². The third-order valence-electron chi connectivity index (χ3n) is 7.22. The van der Waals surface area contributed by atoms with Crippen LogP contribution in [-0.4, -0.2) is 15.0 Å². The Morgan fingerprint density at radius 3 is 1.56 bits per heavy atom. The summed E-state index contributed by atoms with van der Waals surface area (Å²) < 4.78 is 0.890. The monoisotopic (exact) mass is 610 g/mol. The second kappa shape index (κ2) is 18.7. The van der Waals surface area contributed by atoms with Gasteiger partial charge in [0.2, 0.25) is 0 Å². The molecule has 0 saturated heterocycles. The highest BCUT2D eigenvalue weighted by molar-refractivity contribution is 9.10. The Kier molecular flexibility index (Phi) is 14.5. The maximum atomic E-state index is 8.63. The van der Waals surface area contributed by atoms with E-state index >= 15 is 0 Å². The quantitative estimate of drug-likeness (QED) is 0.310. The van der Waals surface area contributed by atoms with Crippen LogP contribution in [0, 0.1) is 34.5 Å². The standard InChI is InChI=1S/C14H20N2.C14H16N2.C6H3BrN2/c2*15-10-14-9-8-13(11-16-14)7-6-12-4-2-1-3-5-12;7-5-1-2-6(3-8)9-4-5/h6-9,11-12H,1-5,10,15H2;6-9,11-12H,1-5H2;1-2,4H/b2*7-6+;. The number of nitrogens with two attached hydrogens (primary N) is 1. The molecule has 0 bridgehead atoms. The number of nitriles is 2. The number of hydrogen-bond acceptors (Lipinski definition) is 6. The molecule has 3 heterocycles. The highest BCUT2D eigenvalue weighted by Crippen LogP contribution is 2.26. The van der Waals surface area contributed by atoms with Gasteiger partial charge in [0, 0.05) is 29.6 Å². The Labute approximate surface area is 253 Å². The molecule has 0 spiro atoms. The van der Waals surface area contributed by atoms with E-state index in [-0.39, 0.29) is 0 Å². The van der Waals surface area contributed by atoms with E-state index in [2.05, 4.69) is 61.3 Å². The predicted molar refractivity (Wildman–Crippen MR) is 169 cm³/mol. The smallest absolute Gasteiger partial charge is 0.140 e. The molecule has 7 heteroatoms. The van der Waals surface area contributed by atoms with Gasteiger partial charge in [0.05, 0.1) is 5.69 Å². The van der Waals surface area contributed by atoms with Gasteiger partial charge < -0.3 is 5.73 Å². The van der Waals surface area contributed by atoms with Crippen LogP contribution in [0.25, 0.3) is 12.2 Å². The molecule has 212 valence electrons. The molecule has 0 atom stereocenters. The molecule has 0 aromatic carbocycles. The third kappa shape index (κ3) is 12.6. The van der Waals surface area contributed by atoms with Gasteiger partial charge in [-0.3, -0.25) is 4.98 Å². The number of rotatable bonds is 5. The summed E-state index contributed by atoms with van der Waals surface area (Å²) >= 11 is 3.20. The lowest BCUT2D eigenvalue weighted by Crippen LogP contribution is -2.02. The zero-order chi connectivity index (χ0) is 29.1. The van der Waals surface area contributed by atoms with E-state index < -0.39 is 0 Å². The number of pyridine rings is 3. The molecule has 3 aromatic rings. The highest BCUT2D eigenvalue weighted by Gasteiger charge is 2.10. The van der Waals surface area contributed by atoms with E-state index in [1.54, 1.807) is 30.6 Å². The number of hydrogen-bond donors (Lipinski definition) is 1. The third-order valence-corrected chi connectivity index (χ3v) is 7.69. The van der Waals surface area contributed by atoms with Crippen molar-refractivity contribution < 1.29 is 0 Å². The Balaban J connectivity index is 0.000000176. The van der Waals surface area contributed by atoms with Gasteiger partial charge in [0.25, 0.3) is 0 Å². The summed E-state index contributed by atoms with van der Waals surface area (Å²) in [6.45, 7) is 0.520. The summed E-state index contributed by atoms with van der Waals surface area (Å²) in [6, 6.07) is 15.2. The first kappa shape index (κ1) is 31.9. The Morgan fingerprint density at radius 2 is 1.17 bits per heavy atom. The number of halogens is 1. The molecule has 2 aliphatic rings. The van der Waals surface area contributed by atoms with Gasteiger partial charge in [-0.05, 0) is 88.8 Å². The second-order valence-corrected chi connectivity index (χ2v) is 11.3. The molecule has 2 saturated carbocycles. The Hall–Kier alpha value is -3.65. The minimum absolute atomic E-state index is 0.443. The molecule has 2 aliphatic carbocycles. The molecule has 2 fully saturated rings. The molecule has 3 aromatic heterocycles. The number of allylic oxidation sites excluding steroid dienone is 2. The van der Waals surface area contributed by atoms with Crippen molar-refractivity contribution in [2.75, 3.05) is 0 Å². The lowest BCUT2D eigenvalue weighted by Gasteiger charge is -2.17. The van der Waals surface area contributed by atoms with Gasteiger partial charge >= 0.3 is 0 Å². The van der Waals surface area contributed by atoms with Gasteiger partial charge in [-0.1, -0.05) is 75.0 Å². The normalized spacial score (nSPS) is 15.7. The average Bonchev–Trinajstić information content (AvgIpc) is 3.05. The molecule has 0 aliphatic heterocycles. The van der Waals surface area contributed by atoms with E-state index in [1.807, 2.05) is 30.5 Å². The fourth-order valence-electron chi connectivity index (χ4n) is 4.81. The van der Waals surface area contributed by atoms with E-state index in [9.17, 15) is 0 Å². The van der Waals surface area contributed by atoms with Crippen molar-refractivity contribution in [3.05, 3.63) is 99.8 Å². The van der Waals surface area contributed by atoms with Crippen LogP contribution < -0.4 is 5.73 Å². The van der Waals surface area contributed by atoms with Crippen molar-refractivity contribution in [3.63, 3.8) is 0 Å². The zero-order valence-corrected chi connectivity index (χ0v) is 25.2. The van der Waals surface area contributed by atoms with Crippen LogP contribution in [0.3, 0.4) is 0 Å². The first-order valence-corrected chi connectivity index (χ1v) is 15.3. The van der Waals surface area contributed by atoms with Crippen molar-refractivity contribution in [1.82, 2.24) is 15.0 Å². The van der Waals surface area contributed by atoms with Gasteiger partial charge in [-0.25, -0.2) is 9.97 Å². The molecule has 6 nitrogen and oxygen atoms in total. The summed E-state index contributed by atoms with van der Waals surface area (Å²) in [4.78, 5) is 12.1. The zero-order valence-electron chi connectivity index (χ0n) is 23.6. The summed E-state index contributed by atoms with van der Waals surface area (Å²) in [5.74, 6) is 1.52. The fourth-order valence-corrected chi connectivity index (χ4v) is 5.05. The van der Waals surface area contributed by atoms with Crippen LogP contribution in [0.2, 0.25) is 0 Å². The maximum Gasteiger partial charge on any atom is 0.140 e. The maximum absolute atomic E-state index is 8.63. The predicted octanol–water partition coefficient (Wildman–Crippen LogP) is 8.40. The molecule has 0 unspecified atom stereocenters. The number of aromatic nitrogens is 3. The Bertz CT molecular complexity index is 1290. The molecule has 5 rings (SSSR count). The van der Waals surface area contributed by atoms with Crippen LogP contribution in [0.15, 0.2) is 71.6 Å². The molecular formula is C34H39BrN6. The molecule has 41 heavy (non-hydrogen) atoms. The van der Waals surface area contributed by atoms with Gasteiger partial charge in [0.15, 0.2) is 0 Å². The van der Waals surface area contributed by atoms with E-state index in [0.29, 0.717) is 17.9 Å². The number of nitrogens with zero attached hydrogens (tertiary/aromatic N) is 5. The fraction of sp³-hybridized carbons (Fsp3) is 0.382. The second-order valence-electron chi connectivity index (χ2n) is 10.4. The SMILES string of the molecule is N#Cc1ccc(/C=C/C2CCCCC2)cn1.N#Cc1ccc(Br)cn1.NCc1ccc(/C=C/C2CCCCC2)cn1. The molecule has 2 N–H and O–H groups in total. The molecule has 0 radical (unpaired) electrons. The largest absolute Gasteiger partial charge is 0.325 e. The molecule has 0 amide bonds. The van der Waals surface area contributed by atoms with Crippen molar-refractivity contribution in [3.8, 4) is 12.1 Å². The average molecular weight is 612 g/mol. The van der Waals surface area contributed by atoms with Gasteiger partial charge in [-0.2, -0.15) is 10.5 Å². The van der Waals surface area contributed by atoms with Crippen molar-refractivity contribution in [2.24, 2.45) is 17.6 Å². The first-order valence-electron chi connectivity index (χ1n) is 14.5. The Morgan fingerprint density at radius 1 is 0.683 bits per heavy atom.